The molecule has 2 aromatic rings. The summed E-state index contributed by atoms with van der Waals surface area (Å²) in [7, 11) is 0. The van der Waals surface area contributed by atoms with E-state index in [2.05, 4.69) is 52.1 Å². The van der Waals surface area contributed by atoms with Gasteiger partial charge in [-0.1, -0.05) is 63.3 Å². The van der Waals surface area contributed by atoms with E-state index in [1.165, 1.54) is 62.4 Å². The van der Waals surface area contributed by atoms with Gasteiger partial charge < -0.3 is 10.8 Å². The SMILES string of the molecule is CCCCCCCCc1ccc(CCC([NH3+])CC(O)c2ncn[nH]2)cc1. The Morgan fingerprint density at radius 3 is 2.31 bits per heavy atom. The van der Waals surface area contributed by atoms with Crippen molar-refractivity contribution in [3.05, 3.63) is 47.5 Å². The third kappa shape index (κ3) is 7.67. The summed E-state index contributed by atoms with van der Waals surface area (Å²) in [5, 5.41) is 16.6. The highest BCUT2D eigenvalue weighted by atomic mass is 16.3. The monoisotopic (exact) mass is 359 g/mol. The average Bonchev–Trinajstić information content (AvgIpc) is 3.19. The highest BCUT2D eigenvalue weighted by Crippen LogP contribution is 2.16. The lowest BCUT2D eigenvalue weighted by atomic mass is 9.99. The normalized spacial score (nSPS) is 13.7. The number of aliphatic hydroxyl groups is 1. The van der Waals surface area contributed by atoms with Gasteiger partial charge in [0, 0.05) is 12.8 Å². The Bertz CT molecular complexity index is 583. The van der Waals surface area contributed by atoms with Crippen molar-refractivity contribution >= 4 is 0 Å². The second-order valence-electron chi connectivity index (χ2n) is 7.36. The second-order valence-corrected chi connectivity index (χ2v) is 7.36. The van der Waals surface area contributed by atoms with Crippen LogP contribution in [0.15, 0.2) is 30.6 Å². The average molecular weight is 360 g/mol. The minimum Gasteiger partial charge on any atom is -0.385 e. The lowest BCUT2D eigenvalue weighted by Gasteiger charge is -2.12. The molecule has 2 unspecified atom stereocenters. The summed E-state index contributed by atoms with van der Waals surface area (Å²) >= 11 is 0. The van der Waals surface area contributed by atoms with Crippen molar-refractivity contribution in [1.82, 2.24) is 15.2 Å². The number of rotatable bonds is 13. The van der Waals surface area contributed by atoms with Gasteiger partial charge in [0.1, 0.15) is 12.4 Å². The van der Waals surface area contributed by atoms with Gasteiger partial charge in [0.25, 0.3) is 0 Å². The molecular weight excluding hydrogens is 324 g/mol. The molecule has 26 heavy (non-hydrogen) atoms. The van der Waals surface area contributed by atoms with E-state index in [0.717, 1.165) is 12.8 Å². The minimum atomic E-state index is -0.611. The number of nitrogens with zero attached hydrogens (tertiary/aromatic N) is 2. The Balaban J connectivity index is 1.63. The molecule has 2 rings (SSSR count). The maximum absolute atomic E-state index is 10.1. The summed E-state index contributed by atoms with van der Waals surface area (Å²) in [5.41, 5.74) is 6.96. The summed E-state index contributed by atoms with van der Waals surface area (Å²) in [6.07, 6.45) is 12.6. The van der Waals surface area contributed by atoms with Crippen molar-refractivity contribution in [2.45, 2.75) is 83.3 Å². The lowest BCUT2D eigenvalue weighted by Crippen LogP contribution is -2.61. The highest BCUT2D eigenvalue weighted by molar-refractivity contribution is 5.22. The Morgan fingerprint density at radius 1 is 1.00 bits per heavy atom. The largest absolute Gasteiger partial charge is 0.385 e. The molecule has 0 saturated heterocycles. The smallest absolute Gasteiger partial charge is 0.153 e. The summed E-state index contributed by atoms with van der Waals surface area (Å²) < 4.78 is 0. The van der Waals surface area contributed by atoms with Crippen LogP contribution in [0, 0.1) is 0 Å². The maximum atomic E-state index is 10.1. The molecule has 0 aliphatic heterocycles. The van der Waals surface area contributed by atoms with Crippen LogP contribution in [-0.2, 0) is 12.8 Å². The molecule has 0 aliphatic rings. The lowest BCUT2D eigenvalue weighted by molar-refractivity contribution is -0.425. The van der Waals surface area contributed by atoms with E-state index in [-0.39, 0.29) is 6.04 Å². The van der Waals surface area contributed by atoms with Gasteiger partial charge in [-0.3, -0.25) is 5.10 Å². The minimum absolute atomic E-state index is 0.192. The van der Waals surface area contributed by atoms with Gasteiger partial charge in [-0.05, 0) is 30.4 Å². The zero-order valence-electron chi connectivity index (χ0n) is 16.2. The fourth-order valence-electron chi connectivity index (χ4n) is 3.27. The van der Waals surface area contributed by atoms with E-state index in [4.69, 9.17) is 0 Å². The third-order valence-corrected chi connectivity index (χ3v) is 4.99. The molecule has 5 nitrogen and oxygen atoms in total. The molecule has 144 valence electrons. The first-order chi connectivity index (χ1) is 12.7. The number of hydrogen-bond donors (Lipinski definition) is 3. The number of aliphatic hydroxyl groups excluding tert-OH is 1. The second kappa shape index (κ2) is 11.8. The van der Waals surface area contributed by atoms with Crippen LogP contribution in [0.5, 0.6) is 0 Å². The summed E-state index contributed by atoms with van der Waals surface area (Å²) in [6.45, 7) is 2.26. The van der Waals surface area contributed by atoms with Crippen molar-refractivity contribution in [2.24, 2.45) is 0 Å². The van der Waals surface area contributed by atoms with Gasteiger partial charge >= 0.3 is 0 Å². The summed E-state index contributed by atoms with van der Waals surface area (Å²) in [5.74, 6) is 0.526. The molecule has 0 spiro atoms. The fourth-order valence-corrected chi connectivity index (χ4v) is 3.27. The number of aromatic nitrogens is 3. The molecule has 1 aromatic carbocycles. The van der Waals surface area contributed by atoms with Crippen LogP contribution in [0.1, 0.15) is 81.3 Å². The number of aryl methyl sites for hydroxylation is 2. The summed E-state index contributed by atoms with van der Waals surface area (Å²) in [6, 6.07) is 9.21. The fraction of sp³-hybridized carbons (Fsp3) is 0.619. The molecule has 0 radical (unpaired) electrons. The Kier molecular flexibility index (Phi) is 9.35. The third-order valence-electron chi connectivity index (χ3n) is 4.99. The van der Waals surface area contributed by atoms with Gasteiger partial charge in [-0.25, -0.2) is 4.98 Å². The number of quaternary nitrogens is 1. The Morgan fingerprint density at radius 2 is 1.65 bits per heavy atom. The zero-order chi connectivity index (χ0) is 18.6. The number of nitrogens with one attached hydrogen (secondary N) is 1. The van der Waals surface area contributed by atoms with Crippen LogP contribution >= 0.6 is 0 Å². The van der Waals surface area contributed by atoms with Crippen molar-refractivity contribution in [3.63, 3.8) is 0 Å². The van der Waals surface area contributed by atoms with E-state index in [1.54, 1.807) is 0 Å². The molecule has 0 fully saturated rings. The highest BCUT2D eigenvalue weighted by Gasteiger charge is 2.17. The summed E-state index contributed by atoms with van der Waals surface area (Å²) in [4.78, 5) is 4.00. The van der Waals surface area contributed by atoms with Crippen molar-refractivity contribution < 1.29 is 10.8 Å². The Hall–Kier alpha value is -1.72. The van der Waals surface area contributed by atoms with Crippen LogP contribution in [0.25, 0.3) is 0 Å². The Labute approximate surface area is 157 Å². The number of aromatic amines is 1. The van der Waals surface area contributed by atoms with E-state index in [1.807, 2.05) is 0 Å². The maximum Gasteiger partial charge on any atom is 0.153 e. The molecule has 0 aliphatic carbocycles. The van der Waals surface area contributed by atoms with E-state index in [0.29, 0.717) is 12.2 Å². The molecular formula is C21H35N4O+. The van der Waals surface area contributed by atoms with Gasteiger partial charge in [0.05, 0.1) is 6.04 Å². The molecule has 0 amide bonds. The van der Waals surface area contributed by atoms with Gasteiger partial charge in [-0.15, -0.1) is 0 Å². The molecule has 0 saturated carbocycles. The first-order valence-corrected chi connectivity index (χ1v) is 10.1. The number of unbranched alkanes of at least 4 members (excludes halogenated alkanes) is 5. The van der Waals surface area contributed by atoms with Crippen molar-refractivity contribution in [3.8, 4) is 0 Å². The molecule has 1 aromatic heterocycles. The number of hydrogen-bond acceptors (Lipinski definition) is 3. The van der Waals surface area contributed by atoms with Gasteiger partial charge in [-0.2, -0.15) is 5.10 Å². The molecule has 2 atom stereocenters. The molecule has 1 heterocycles. The van der Waals surface area contributed by atoms with E-state index in [9.17, 15) is 5.11 Å². The van der Waals surface area contributed by atoms with Crippen molar-refractivity contribution in [1.29, 1.82) is 0 Å². The molecule has 0 bridgehead atoms. The van der Waals surface area contributed by atoms with E-state index >= 15 is 0 Å². The van der Waals surface area contributed by atoms with Crippen LogP contribution in [0.2, 0.25) is 0 Å². The van der Waals surface area contributed by atoms with Crippen LogP contribution < -0.4 is 5.73 Å². The standard InChI is InChI=1S/C21H34N4O/c1-2-3-4-5-6-7-8-17-9-11-18(12-10-17)13-14-19(22)15-20(26)21-23-16-24-25-21/h9-12,16,19-20,26H,2-8,13-15,22H2,1H3,(H,23,24,25)/p+1. The first-order valence-electron chi connectivity index (χ1n) is 10.1. The van der Waals surface area contributed by atoms with Gasteiger partial charge in [0.2, 0.25) is 0 Å². The first kappa shape index (κ1) is 20.6. The predicted molar refractivity (Wildman–Crippen MR) is 104 cm³/mol. The topological polar surface area (TPSA) is 89.4 Å². The molecule has 5 heteroatoms. The van der Waals surface area contributed by atoms with Crippen LogP contribution in [0.4, 0.5) is 0 Å². The van der Waals surface area contributed by atoms with Crippen LogP contribution in [-0.4, -0.2) is 26.3 Å². The number of H-pyrrole nitrogens is 1. The van der Waals surface area contributed by atoms with Crippen molar-refractivity contribution in [2.75, 3.05) is 0 Å². The van der Waals surface area contributed by atoms with E-state index < -0.39 is 6.10 Å². The predicted octanol–water partition coefficient (Wildman–Crippen LogP) is 3.37. The quantitative estimate of drug-likeness (QED) is 0.479. The van der Waals surface area contributed by atoms with Gasteiger partial charge in [0.15, 0.2) is 5.82 Å². The molecule has 5 N–H and O–H groups in total. The van der Waals surface area contributed by atoms with Crippen LogP contribution in [0.3, 0.4) is 0 Å². The number of benzene rings is 1. The zero-order valence-corrected chi connectivity index (χ0v) is 16.2.